The van der Waals surface area contributed by atoms with Crippen molar-refractivity contribution in [3.63, 3.8) is 0 Å². The zero-order valence-electron chi connectivity index (χ0n) is 12.6. The minimum atomic E-state index is -1.10. The van der Waals surface area contributed by atoms with Crippen molar-refractivity contribution in [3.8, 4) is 0 Å². The maximum absolute atomic E-state index is 12.1. The lowest BCUT2D eigenvalue weighted by atomic mass is 10.3. The quantitative estimate of drug-likeness (QED) is 0.727. The molecule has 0 aromatic rings. The van der Waals surface area contributed by atoms with E-state index in [1.165, 1.54) is 0 Å². The number of rotatable bonds is 6. The first-order valence-electron chi connectivity index (χ1n) is 7.10. The Balaban J connectivity index is 2.36. The summed E-state index contributed by atoms with van der Waals surface area (Å²) in [5.41, 5.74) is 0. The maximum atomic E-state index is 12.1. The smallest absolute Gasteiger partial charge is 0.329 e. The number of aliphatic carboxylic acids is 1. The molecule has 8 heteroatoms. The second-order valence-corrected chi connectivity index (χ2v) is 4.71. The van der Waals surface area contributed by atoms with Gasteiger partial charge in [-0.25, -0.2) is 9.59 Å². The number of carboxylic acid groups (broad SMARTS) is 1. The lowest BCUT2D eigenvalue weighted by Gasteiger charge is -2.37. The van der Waals surface area contributed by atoms with Gasteiger partial charge in [0, 0.05) is 39.3 Å². The first-order valence-corrected chi connectivity index (χ1v) is 7.10. The van der Waals surface area contributed by atoms with Crippen LogP contribution in [0.1, 0.15) is 13.8 Å². The average molecular weight is 301 g/mol. The molecule has 120 valence electrons. The number of ether oxygens (including phenoxy) is 1. The number of urea groups is 1. The molecule has 0 aromatic heterocycles. The van der Waals surface area contributed by atoms with Crippen molar-refractivity contribution in [2.45, 2.75) is 13.8 Å². The molecule has 1 aliphatic heterocycles. The maximum Gasteiger partial charge on any atom is 0.329 e. The van der Waals surface area contributed by atoms with Crippen molar-refractivity contribution in [1.29, 1.82) is 0 Å². The predicted octanol–water partition coefficient (Wildman–Crippen LogP) is -0.306. The van der Waals surface area contributed by atoms with Crippen LogP contribution in [0.4, 0.5) is 4.79 Å². The SMILES string of the molecule is CCN(CC)C(=O)N1CCN(C(=O)COCC(=O)O)CC1. The number of nitrogens with zero attached hydrogens (tertiary/aromatic N) is 3. The monoisotopic (exact) mass is 301 g/mol. The van der Waals surface area contributed by atoms with Gasteiger partial charge in [0.1, 0.15) is 13.2 Å². The van der Waals surface area contributed by atoms with Crippen molar-refractivity contribution in [2.75, 3.05) is 52.5 Å². The Bertz CT molecular complexity index is 376. The van der Waals surface area contributed by atoms with Crippen molar-refractivity contribution in [3.05, 3.63) is 0 Å². The summed E-state index contributed by atoms with van der Waals surface area (Å²) in [6.07, 6.45) is 0. The van der Waals surface area contributed by atoms with Gasteiger partial charge in [-0.2, -0.15) is 0 Å². The number of piperazine rings is 1. The van der Waals surface area contributed by atoms with Gasteiger partial charge in [0.25, 0.3) is 0 Å². The summed E-state index contributed by atoms with van der Waals surface area (Å²) in [6.45, 7) is 6.34. The van der Waals surface area contributed by atoms with E-state index in [4.69, 9.17) is 9.84 Å². The fourth-order valence-electron chi connectivity index (χ4n) is 2.16. The molecule has 21 heavy (non-hydrogen) atoms. The Hall–Kier alpha value is -1.83. The van der Waals surface area contributed by atoms with Gasteiger partial charge in [0.15, 0.2) is 0 Å². The molecule has 1 rings (SSSR count). The molecule has 0 saturated carbocycles. The van der Waals surface area contributed by atoms with Crippen LogP contribution in [-0.4, -0.2) is 90.2 Å². The van der Waals surface area contributed by atoms with Crippen LogP contribution in [0.25, 0.3) is 0 Å². The molecule has 1 aliphatic rings. The topological polar surface area (TPSA) is 90.4 Å². The molecule has 0 unspecified atom stereocenters. The van der Waals surface area contributed by atoms with E-state index in [0.717, 1.165) is 0 Å². The third-order valence-corrected chi connectivity index (χ3v) is 3.39. The normalized spacial score (nSPS) is 15.0. The van der Waals surface area contributed by atoms with E-state index in [0.29, 0.717) is 39.3 Å². The van der Waals surface area contributed by atoms with Crippen LogP contribution in [-0.2, 0) is 14.3 Å². The number of hydrogen-bond donors (Lipinski definition) is 1. The molecule has 1 heterocycles. The fraction of sp³-hybridized carbons (Fsp3) is 0.769. The van der Waals surface area contributed by atoms with Gasteiger partial charge in [-0.15, -0.1) is 0 Å². The van der Waals surface area contributed by atoms with Crippen LogP contribution in [0.2, 0.25) is 0 Å². The minimum Gasteiger partial charge on any atom is -0.480 e. The zero-order valence-corrected chi connectivity index (χ0v) is 12.6. The standard InChI is InChI=1S/C13H23N3O5/c1-3-14(4-2)13(20)16-7-5-15(6-8-16)11(17)9-21-10-12(18)19/h3-10H2,1-2H3,(H,18,19). The Morgan fingerprint density at radius 1 is 1.00 bits per heavy atom. The van der Waals surface area contributed by atoms with Crippen LogP contribution < -0.4 is 0 Å². The van der Waals surface area contributed by atoms with Crippen molar-refractivity contribution in [2.24, 2.45) is 0 Å². The zero-order chi connectivity index (χ0) is 15.8. The van der Waals surface area contributed by atoms with Gasteiger partial charge >= 0.3 is 12.0 Å². The van der Waals surface area contributed by atoms with E-state index in [1.807, 2.05) is 13.8 Å². The third kappa shape index (κ3) is 5.22. The predicted molar refractivity (Wildman–Crippen MR) is 74.9 cm³/mol. The summed E-state index contributed by atoms with van der Waals surface area (Å²) in [5, 5.41) is 8.43. The number of amides is 3. The highest BCUT2D eigenvalue weighted by molar-refractivity contribution is 5.79. The molecule has 0 atom stereocenters. The second kappa shape index (κ2) is 8.46. The van der Waals surface area contributed by atoms with Gasteiger partial charge in [-0.1, -0.05) is 0 Å². The molecule has 1 saturated heterocycles. The molecule has 3 amide bonds. The molecule has 1 N–H and O–H groups in total. The summed E-state index contributed by atoms with van der Waals surface area (Å²) < 4.78 is 4.78. The van der Waals surface area contributed by atoms with E-state index in [2.05, 4.69) is 0 Å². The first kappa shape index (κ1) is 17.2. The van der Waals surface area contributed by atoms with Crippen molar-refractivity contribution < 1.29 is 24.2 Å². The number of carboxylic acids is 1. The van der Waals surface area contributed by atoms with Crippen LogP contribution >= 0.6 is 0 Å². The van der Waals surface area contributed by atoms with Crippen LogP contribution in [0, 0.1) is 0 Å². The second-order valence-electron chi connectivity index (χ2n) is 4.71. The minimum absolute atomic E-state index is 0.00535. The molecule has 0 aromatic carbocycles. The van der Waals surface area contributed by atoms with E-state index in [9.17, 15) is 14.4 Å². The summed E-state index contributed by atoms with van der Waals surface area (Å²) >= 11 is 0. The van der Waals surface area contributed by atoms with E-state index in [-0.39, 0.29) is 18.5 Å². The van der Waals surface area contributed by atoms with Gasteiger partial charge < -0.3 is 24.5 Å². The molecular formula is C13H23N3O5. The number of hydrogen-bond acceptors (Lipinski definition) is 4. The van der Waals surface area contributed by atoms with Crippen molar-refractivity contribution >= 4 is 17.9 Å². The summed E-state index contributed by atoms with van der Waals surface area (Å²) in [5.74, 6) is -1.34. The fourth-order valence-corrected chi connectivity index (χ4v) is 2.16. The first-order chi connectivity index (χ1) is 9.99. The molecule has 0 aliphatic carbocycles. The van der Waals surface area contributed by atoms with Gasteiger partial charge in [0.05, 0.1) is 0 Å². The summed E-state index contributed by atoms with van der Waals surface area (Å²) in [4.78, 5) is 39.3. The molecular weight excluding hydrogens is 278 g/mol. The molecule has 8 nitrogen and oxygen atoms in total. The lowest BCUT2D eigenvalue weighted by molar-refractivity contribution is -0.146. The Morgan fingerprint density at radius 2 is 1.52 bits per heavy atom. The molecule has 0 radical (unpaired) electrons. The van der Waals surface area contributed by atoms with Gasteiger partial charge in [-0.3, -0.25) is 4.79 Å². The average Bonchev–Trinajstić information content (AvgIpc) is 2.48. The number of carbonyl (C=O) groups is 3. The molecule has 0 bridgehead atoms. The lowest BCUT2D eigenvalue weighted by Crippen LogP contribution is -2.54. The Morgan fingerprint density at radius 3 is 2.00 bits per heavy atom. The Kier molecular flexibility index (Phi) is 6.93. The van der Waals surface area contributed by atoms with E-state index < -0.39 is 12.6 Å². The van der Waals surface area contributed by atoms with E-state index in [1.54, 1.807) is 14.7 Å². The van der Waals surface area contributed by atoms with Gasteiger partial charge in [-0.05, 0) is 13.8 Å². The molecule has 0 spiro atoms. The largest absolute Gasteiger partial charge is 0.480 e. The van der Waals surface area contributed by atoms with Crippen LogP contribution in [0.15, 0.2) is 0 Å². The van der Waals surface area contributed by atoms with Crippen LogP contribution in [0.3, 0.4) is 0 Å². The third-order valence-electron chi connectivity index (χ3n) is 3.39. The number of carbonyl (C=O) groups excluding carboxylic acids is 2. The van der Waals surface area contributed by atoms with Crippen LogP contribution in [0.5, 0.6) is 0 Å². The highest BCUT2D eigenvalue weighted by Crippen LogP contribution is 2.06. The summed E-state index contributed by atoms with van der Waals surface area (Å²) in [6, 6.07) is -0.00535. The highest BCUT2D eigenvalue weighted by atomic mass is 16.5. The van der Waals surface area contributed by atoms with E-state index >= 15 is 0 Å². The Labute approximate surface area is 124 Å². The van der Waals surface area contributed by atoms with Gasteiger partial charge in [0.2, 0.25) is 5.91 Å². The van der Waals surface area contributed by atoms with Crippen molar-refractivity contribution in [1.82, 2.24) is 14.7 Å². The highest BCUT2D eigenvalue weighted by Gasteiger charge is 2.26. The summed E-state index contributed by atoms with van der Waals surface area (Å²) in [7, 11) is 0. The molecule has 1 fully saturated rings.